The van der Waals surface area contributed by atoms with Gasteiger partial charge in [-0.2, -0.15) is 17.0 Å². The van der Waals surface area contributed by atoms with Gasteiger partial charge in [-0.15, -0.1) is 0 Å². The van der Waals surface area contributed by atoms with Crippen LogP contribution in [-0.4, -0.2) is 57.3 Å². The van der Waals surface area contributed by atoms with Crippen molar-refractivity contribution in [3.8, 4) is 0 Å². The lowest BCUT2D eigenvalue weighted by atomic mass is 10.4. The van der Waals surface area contributed by atoms with E-state index in [1.807, 2.05) is 0 Å². The maximum atomic E-state index is 11.6. The van der Waals surface area contributed by atoms with Crippen LogP contribution in [-0.2, 0) is 10.2 Å². The van der Waals surface area contributed by atoms with E-state index in [1.54, 1.807) is 21.1 Å². The molecule has 0 aromatic carbocycles. The second-order valence-corrected chi connectivity index (χ2v) is 6.44. The number of nitrogens with one attached hydrogen (secondary N) is 1. The highest BCUT2D eigenvalue weighted by Crippen LogP contribution is 2.18. The van der Waals surface area contributed by atoms with E-state index in [4.69, 9.17) is 0 Å². The lowest BCUT2D eigenvalue weighted by Gasteiger charge is -2.21. The van der Waals surface area contributed by atoms with Crippen LogP contribution in [0.2, 0.25) is 0 Å². The van der Waals surface area contributed by atoms with Crippen molar-refractivity contribution in [1.82, 2.24) is 13.9 Å². The van der Waals surface area contributed by atoms with Gasteiger partial charge in [0.15, 0.2) is 0 Å². The SMILES string of the molecule is CN(C)S(=O)(=O)N(C)CCCNC1CC1. The van der Waals surface area contributed by atoms with Crippen LogP contribution in [0.4, 0.5) is 0 Å². The van der Waals surface area contributed by atoms with Gasteiger partial charge in [0.1, 0.15) is 0 Å². The molecule has 0 heterocycles. The highest BCUT2D eigenvalue weighted by molar-refractivity contribution is 7.86. The summed E-state index contributed by atoms with van der Waals surface area (Å²) in [7, 11) is 1.49. The summed E-state index contributed by atoms with van der Waals surface area (Å²) in [5, 5.41) is 3.36. The maximum absolute atomic E-state index is 11.6. The number of hydrogen-bond acceptors (Lipinski definition) is 3. The summed E-state index contributed by atoms with van der Waals surface area (Å²) >= 11 is 0. The minimum atomic E-state index is -3.22. The summed E-state index contributed by atoms with van der Waals surface area (Å²) in [4.78, 5) is 0. The molecule has 1 fully saturated rings. The molecule has 6 heteroatoms. The molecule has 1 rings (SSSR count). The summed E-state index contributed by atoms with van der Waals surface area (Å²) in [6, 6.07) is 0.695. The molecule has 0 aromatic heterocycles. The van der Waals surface area contributed by atoms with Crippen molar-refractivity contribution >= 4 is 10.2 Å². The first-order valence-electron chi connectivity index (χ1n) is 5.32. The van der Waals surface area contributed by atoms with Crippen LogP contribution in [0.25, 0.3) is 0 Å². The van der Waals surface area contributed by atoms with Crippen LogP contribution in [0.5, 0.6) is 0 Å². The summed E-state index contributed by atoms with van der Waals surface area (Å²) < 4.78 is 25.8. The van der Waals surface area contributed by atoms with E-state index >= 15 is 0 Å². The Hall–Kier alpha value is -0.170. The molecule has 0 unspecified atom stereocenters. The average Bonchev–Trinajstić information content (AvgIpc) is 2.95. The Bertz CT molecular complexity index is 286. The van der Waals surface area contributed by atoms with Crippen molar-refractivity contribution in [1.29, 1.82) is 0 Å². The molecule has 90 valence electrons. The molecule has 0 radical (unpaired) electrons. The van der Waals surface area contributed by atoms with Gasteiger partial charge in [-0.1, -0.05) is 0 Å². The largest absolute Gasteiger partial charge is 0.314 e. The first kappa shape index (κ1) is 12.9. The van der Waals surface area contributed by atoms with Gasteiger partial charge in [-0.3, -0.25) is 0 Å². The molecule has 0 amide bonds. The molecule has 15 heavy (non-hydrogen) atoms. The Morgan fingerprint density at radius 3 is 2.33 bits per heavy atom. The lowest BCUT2D eigenvalue weighted by molar-refractivity contribution is 0.409. The molecule has 0 saturated heterocycles. The minimum absolute atomic E-state index is 0.570. The molecule has 0 atom stereocenters. The smallest absolute Gasteiger partial charge is 0.281 e. The molecule has 0 aromatic rings. The highest BCUT2D eigenvalue weighted by atomic mass is 32.2. The predicted molar refractivity (Wildman–Crippen MR) is 60.9 cm³/mol. The fourth-order valence-electron chi connectivity index (χ4n) is 1.29. The van der Waals surface area contributed by atoms with Crippen molar-refractivity contribution in [2.24, 2.45) is 0 Å². The number of hydrogen-bond donors (Lipinski definition) is 1. The molecule has 1 saturated carbocycles. The fourth-order valence-corrected chi connectivity index (χ4v) is 2.21. The molecular weight excluding hydrogens is 214 g/mol. The fraction of sp³-hybridized carbons (Fsp3) is 1.00. The van der Waals surface area contributed by atoms with Gasteiger partial charge >= 0.3 is 0 Å². The molecular formula is C9H21N3O2S. The van der Waals surface area contributed by atoms with Crippen LogP contribution >= 0.6 is 0 Å². The first-order chi connectivity index (χ1) is 6.94. The van der Waals surface area contributed by atoms with Crippen LogP contribution in [0, 0.1) is 0 Å². The van der Waals surface area contributed by atoms with E-state index in [-0.39, 0.29) is 0 Å². The van der Waals surface area contributed by atoms with E-state index in [9.17, 15) is 8.42 Å². The van der Waals surface area contributed by atoms with Gasteiger partial charge in [-0.25, -0.2) is 0 Å². The zero-order chi connectivity index (χ0) is 11.5. The number of nitrogens with zero attached hydrogens (tertiary/aromatic N) is 2. The standard InChI is InChI=1S/C9H21N3O2S/c1-11(2)15(13,14)12(3)8-4-7-10-9-5-6-9/h9-10H,4-8H2,1-3H3. The van der Waals surface area contributed by atoms with E-state index in [0.29, 0.717) is 12.6 Å². The van der Waals surface area contributed by atoms with E-state index in [2.05, 4.69) is 5.32 Å². The van der Waals surface area contributed by atoms with Crippen LogP contribution in [0.1, 0.15) is 19.3 Å². The zero-order valence-corrected chi connectivity index (χ0v) is 10.5. The Balaban J connectivity index is 2.19. The first-order valence-corrected chi connectivity index (χ1v) is 6.71. The Labute approximate surface area is 92.6 Å². The molecule has 0 bridgehead atoms. The third-order valence-corrected chi connectivity index (χ3v) is 4.41. The van der Waals surface area contributed by atoms with E-state index < -0.39 is 10.2 Å². The summed E-state index contributed by atoms with van der Waals surface area (Å²) in [5.41, 5.74) is 0. The van der Waals surface area contributed by atoms with E-state index in [0.717, 1.165) is 13.0 Å². The van der Waals surface area contributed by atoms with Crippen molar-refractivity contribution in [2.45, 2.75) is 25.3 Å². The number of rotatable bonds is 7. The second-order valence-electron chi connectivity index (χ2n) is 4.19. The van der Waals surface area contributed by atoms with Crippen molar-refractivity contribution in [3.05, 3.63) is 0 Å². The van der Waals surface area contributed by atoms with Gasteiger partial charge in [-0.05, 0) is 25.8 Å². The van der Waals surface area contributed by atoms with Crippen LogP contribution < -0.4 is 5.32 Å². The average molecular weight is 235 g/mol. The third kappa shape index (κ3) is 4.06. The van der Waals surface area contributed by atoms with E-state index in [1.165, 1.54) is 21.5 Å². The third-order valence-electron chi connectivity index (χ3n) is 2.52. The normalized spacial score (nSPS) is 17.7. The monoisotopic (exact) mass is 235 g/mol. The van der Waals surface area contributed by atoms with Gasteiger partial charge in [0.2, 0.25) is 0 Å². The highest BCUT2D eigenvalue weighted by Gasteiger charge is 2.21. The van der Waals surface area contributed by atoms with Crippen LogP contribution in [0.3, 0.4) is 0 Å². The topological polar surface area (TPSA) is 52.7 Å². The molecule has 1 N–H and O–H groups in total. The van der Waals surface area contributed by atoms with Crippen molar-refractivity contribution < 1.29 is 8.42 Å². The molecule has 0 spiro atoms. The van der Waals surface area contributed by atoms with Gasteiger partial charge in [0, 0.05) is 33.7 Å². The summed E-state index contributed by atoms with van der Waals surface area (Å²) in [6.07, 6.45) is 3.40. The lowest BCUT2D eigenvalue weighted by Crippen LogP contribution is -2.38. The summed E-state index contributed by atoms with van der Waals surface area (Å²) in [5.74, 6) is 0. The molecule has 1 aliphatic rings. The van der Waals surface area contributed by atoms with Crippen molar-refractivity contribution in [3.63, 3.8) is 0 Å². The predicted octanol–water partition coefficient (Wildman–Crippen LogP) is -0.133. The molecule has 1 aliphatic carbocycles. The van der Waals surface area contributed by atoms with Gasteiger partial charge < -0.3 is 5.32 Å². The van der Waals surface area contributed by atoms with Crippen LogP contribution in [0.15, 0.2) is 0 Å². The maximum Gasteiger partial charge on any atom is 0.281 e. The Morgan fingerprint density at radius 1 is 1.27 bits per heavy atom. The quantitative estimate of drug-likeness (QED) is 0.625. The second kappa shape index (κ2) is 5.25. The minimum Gasteiger partial charge on any atom is -0.314 e. The van der Waals surface area contributed by atoms with Gasteiger partial charge in [0.05, 0.1) is 0 Å². The summed E-state index contributed by atoms with van der Waals surface area (Å²) in [6.45, 7) is 1.47. The zero-order valence-electron chi connectivity index (χ0n) is 9.73. The Kier molecular flexibility index (Phi) is 4.51. The molecule has 0 aliphatic heterocycles. The molecule has 5 nitrogen and oxygen atoms in total. The van der Waals surface area contributed by atoms with Gasteiger partial charge in [0.25, 0.3) is 10.2 Å². The Morgan fingerprint density at radius 2 is 1.87 bits per heavy atom. The van der Waals surface area contributed by atoms with Crippen molar-refractivity contribution in [2.75, 3.05) is 34.2 Å².